The Labute approximate surface area is 93.2 Å². The minimum absolute atomic E-state index is 0.295. The van der Waals surface area contributed by atoms with E-state index < -0.39 is 0 Å². The molecule has 1 aliphatic heterocycles. The largest absolute Gasteiger partial charge is 0.343 e. The molecule has 15 heavy (non-hydrogen) atoms. The maximum absolute atomic E-state index is 11.9. The van der Waals surface area contributed by atoms with Crippen molar-refractivity contribution < 1.29 is 4.79 Å². The highest BCUT2D eigenvalue weighted by Crippen LogP contribution is 2.13. The van der Waals surface area contributed by atoms with Crippen molar-refractivity contribution in [1.29, 1.82) is 0 Å². The summed E-state index contributed by atoms with van der Waals surface area (Å²) in [7, 11) is 1.94. The van der Waals surface area contributed by atoms with E-state index in [-0.39, 0.29) is 0 Å². The quantitative estimate of drug-likeness (QED) is 0.753. The first-order valence-corrected chi connectivity index (χ1v) is 6.18. The van der Waals surface area contributed by atoms with Crippen LogP contribution in [0.15, 0.2) is 0 Å². The standard InChI is InChI=1S/C12H24N2O/c1-4-11(5-2)14(3)12(15)9-10-7-6-8-13-10/h10-11,13H,4-9H2,1-3H3. The van der Waals surface area contributed by atoms with Gasteiger partial charge in [-0.2, -0.15) is 0 Å². The molecule has 0 aliphatic carbocycles. The summed E-state index contributed by atoms with van der Waals surface area (Å²) in [6.07, 6.45) is 5.15. The second-order valence-electron chi connectivity index (χ2n) is 4.47. The minimum atomic E-state index is 0.295. The van der Waals surface area contributed by atoms with Crippen molar-refractivity contribution in [3.8, 4) is 0 Å². The molecule has 0 aromatic carbocycles. The molecule has 1 heterocycles. The highest BCUT2D eigenvalue weighted by atomic mass is 16.2. The van der Waals surface area contributed by atoms with Gasteiger partial charge in [-0.15, -0.1) is 0 Å². The summed E-state index contributed by atoms with van der Waals surface area (Å²) >= 11 is 0. The second-order valence-corrected chi connectivity index (χ2v) is 4.47. The van der Waals surface area contributed by atoms with E-state index in [1.165, 1.54) is 6.42 Å². The van der Waals surface area contributed by atoms with Gasteiger partial charge in [-0.1, -0.05) is 13.8 Å². The van der Waals surface area contributed by atoms with Gasteiger partial charge in [0.15, 0.2) is 0 Å². The molecule has 3 nitrogen and oxygen atoms in total. The van der Waals surface area contributed by atoms with Crippen LogP contribution in [0.5, 0.6) is 0 Å². The molecule has 0 saturated carbocycles. The summed E-state index contributed by atoms with van der Waals surface area (Å²) in [5, 5.41) is 3.37. The normalized spacial score (nSPS) is 20.9. The minimum Gasteiger partial charge on any atom is -0.343 e. The van der Waals surface area contributed by atoms with Crippen molar-refractivity contribution in [2.75, 3.05) is 13.6 Å². The Morgan fingerprint density at radius 2 is 2.13 bits per heavy atom. The topological polar surface area (TPSA) is 32.3 Å². The first kappa shape index (κ1) is 12.5. The number of hydrogen-bond acceptors (Lipinski definition) is 2. The predicted octanol–water partition coefficient (Wildman–Crippen LogP) is 1.78. The Bertz CT molecular complexity index is 196. The third-order valence-electron chi connectivity index (χ3n) is 3.47. The van der Waals surface area contributed by atoms with Gasteiger partial charge in [-0.05, 0) is 32.2 Å². The molecule has 1 atom stereocenters. The van der Waals surface area contributed by atoms with E-state index in [4.69, 9.17) is 0 Å². The van der Waals surface area contributed by atoms with Gasteiger partial charge in [0.1, 0.15) is 0 Å². The van der Waals surface area contributed by atoms with E-state index in [2.05, 4.69) is 19.2 Å². The highest BCUT2D eigenvalue weighted by molar-refractivity contribution is 5.76. The molecule has 1 saturated heterocycles. The Hall–Kier alpha value is -0.570. The van der Waals surface area contributed by atoms with Crippen molar-refractivity contribution in [1.82, 2.24) is 10.2 Å². The van der Waals surface area contributed by atoms with Crippen molar-refractivity contribution >= 4 is 5.91 Å². The molecule has 0 bridgehead atoms. The lowest BCUT2D eigenvalue weighted by Crippen LogP contribution is -2.39. The fourth-order valence-corrected chi connectivity index (χ4v) is 2.33. The van der Waals surface area contributed by atoms with Crippen molar-refractivity contribution in [3.63, 3.8) is 0 Å². The van der Waals surface area contributed by atoms with Gasteiger partial charge in [-0.3, -0.25) is 4.79 Å². The third-order valence-corrected chi connectivity index (χ3v) is 3.47. The van der Waals surface area contributed by atoms with E-state index in [0.717, 1.165) is 25.8 Å². The lowest BCUT2D eigenvalue weighted by Gasteiger charge is -2.27. The molecule has 0 radical (unpaired) electrons. The van der Waals surface area contributed by atoms with E-state index >= 15 is 0 Å². The van der Waals surface area contributed by atoms with E-state index in [9.17, 15) is 4.79 Å². The third kappa shape index (κ3) is 3.49. The van der Waals surface area contributed by atoms with Gasteiger partial charge in [0, 0.05) is 25.6 Å². The number of nitrogens with one attached hydrogen (secondary N) is 1. The number of carbonyl (C=O) groups is 1. The molecule has 3 heteroatoms. The molecular weight excluding hydrogens is 188 g/mol. The maximum atomic E-state index is 11.9. The molecule has 0 aromatic heterocycles. The Morgan fingerprint density at radius 1 is 1.47 bits per heavy atom. The smallest absolute Gasteiger partial charge is 0.224 e. The van der Waals surface area contributed by atoms with Crippen LogP contribution in [0.25, 0.3) is 0 Å². The fourth-order valence-electron chi connectivity index (χ4n) is 2.33. The molecule has 1 aliphatic rings. The van der Waals surface area contributed by atoms with Crippen LogP contribution in [0, 0.1) is 0 Å². The predicted molar refractivity (Wildman–Crippen MR) is 62.8 cm³/mol. The Kier molecular flexibility index (Phi) is 5.09. The summed E-state index contributed by atoms with van der Waals surface area (Å²) in [5.74, 6) is 0.295. The number of amides is 1. The molecule has 1 amide bonds. The van der Waals surface area contributed by atoms with Crippen molar-refractivity contribution in [3.05, 3.63) is 0 Å². The van der Waals surface area contributed by atoms with Gasteiger partial charge in [0.05, 0.1) is 0 Å². The molecule has 1 N–H and O–H groups in total. The van der Waals surface area contributed by atoms with Crippen LogP contribution < -0.4 is 5.32 Å². The van der Waals surface area contributed by atoms with Crippen molar-refractivity contribution in [2.24, 2.45) is 0 Å². The number of hydrogen-bond donors (Lipinski definition) is 1. The number of nitrogens with zero attached hydrogens (tertiary/aromatic N) is 1. The average molecular weight is 212 g/mol. The monoisotopic (exact) mass is 212 g/mol. The van der Waals surface area contributed by atoms with E-state index in [1.807, 2.05) is 11.9 Å². The SMILES string of the molecule is CCC(CC)N(C)C(=O)CC1CCCN1. The van der Waals surface area contributed by atoms with Gasteiger partial charge in [0.2, 0.25) is 5.91 Å². The lowest BCUT2D eigenvalue weighted by atomic mass is 10.1. The zero-order chi connectivity index (χ0) is 11.3. The summed E-state index contributed by atoms with van der Waals surface area (Å²) in [6, 6.07) is 0.841. The van der Waals surface area contributed by atoms with E-state index in [1.54, 1.807) is 0 Å². The second kappa shape index (κ2) is 6.11. The van der Waals surface area contributed by atoms with Crippen LogP contribution >= 0.6 is 0 Å². The number of rotatable bonds is 5. The molecule has 1 unspecified atom stereocenters. The van der Waals surface area contributed by atoms with Gasteiger partial charge in [-0.25, -0.2) is 0 Å². The van der Waals surface area contributed by atoms with Gasteiger partial charge >= 0.3 is 0 Å². The molecule has 1 fully saturated rings. The molecule has 0 spiro atoms. The van der Waals surface area contributed by atoms with Crippen LogP contribution in [-0.4, -0.2) is 36.5 Å². The van der Waals surface area contributed by atoms with Crippen LogP contribution in [0.1, 0.15) is 46.0 Å². The summed E-state index contributed by atoms with van der Waals surface area (Å²) < 4.78 is 0. The molecule has 88 valence electrons. The fraction of sp³-hybridized carbons (Fsp3) is 0.917. The van der Waals surface area contributed by atoms with Crippen LogP contribution in [-0.2, 0) is 4.79 Å². The Morgan fingerprint density at radius 3 is 2.60 bits per heavy atom. The molecular formula is C12H24N2O. The van der Waals surface area contributed by atoms with Crippen LogP contribution in [0.4, 0.5) is 0 Å². The summed E-state index contributed by atoms with van der Waals surface area (Å²) in [5.41, 5.74) is 0. The first-order chi connectivity index (χ1) is 7.19. The van der Waals surface area contributed by atoms with Crippen LogP contribution in [0.3, 0.4) is 0 Å². The highest BCUT2D eigenvalue weighted by Gasteiger charge is 2.22. The summed E-state index contributed by atoms with van der Waals surface area (Å²) in [6.45, 7) is 5.37. The Balaban J connectivity index is 2.37. The molecule has 1 rings (SSSR count). The lowest BCUT2D eigenvalue weighted by molar-refractivity contribution is -0.132. The van der Waals surface area contributed by atoms with Gasteiger partial charge in [0.25, 0.3) is 0 Å². The zero-order valence-electron chi connectivity index (χ0n) is 10.3. The summed E-state index contributed by atoms with van der Waals surface area (Å²) in [4.78, 5) is 13.9. The van der Waals surface area contributed by atoms with Crippen LogP contribution in [0.2, 0.25) is 0 Å². The van der Waals surface area contributed by atoms with E-state index in [0.29, 0.717) is 24.4 Å². The molecule has 0 aromatic rings. The number of carbonyl (C=O) groups excluding carboxylic acids is 1. The van der Waals surface area contributed by atoms with Gasteiger partial charge < -0.3 is 10.2 Å². The maximum Gasteiger partial charge on any atom is 0.224 e. The average Bonchev–Trinajstić information content (AvgIpc) is 2.72. The first-order valence-electron chi connectivity index (χ1n) is 6.18. The zero-order valence-corrected chi connectivity index (χ0v) is 10.3. The van der Waals surface area contributed by atoms with Crippen molar-refractivity contribution in [2.45, 2.75) is 58.0 Å².